The van der Waals surface area contributed by atoms with Gasteiger partial charge in [0, 0.05) is 20.1 Å². The maximum absolute atomic E-state index is 12.3. The lowest BCUT2D eigenvalue weighted by Crippen LogP contribution is -2.36. The minimum Gasteiger partial charge on any atom is -0.496 e. The maximum Gasteiger partial charge on any atom is 0.341 e. The average Bonchev–Trinajstić information content (AvgIpc) is 2.66. The highest BCUT2D eigenvalue weighted by molar-refractivity contribution is 5.92. The topological polar surface area (TPSA) is 67.9 Å². The van der Waals surface area contributed by atoms with Gasteiger partial charge in [-0.2, -0.15) is 0 Å². The average molecular weight is 356 g/mol. The Morgan fingerprint density at radius 3 is 2.50 bits per heavy atom. The third-order valence-electron chi connectivity index (χ3n) is 4.13. The molecular formula is C20H24N2O4. The van der Waals surface area contributed by atoms with E-state index in [1.54, 1.807) is 30.1 Å². The van der Waals surface area contributed by atoms with Crippen LogP contribution in [0.25, 0.3) is 0 Å². The van der Waals surface area contributed by atoms with Crippen molar-refractivity contribution in [2.75, 3.05) is 21.3 Å². The van der Waals surface area contributed by atoms with Gasteiger partial charge in [0.25, 0.3) is 0 Å². The molecule has 0 atom stereocenters. The largest absolute Gasteiger partial charge is 0.496 e. The summed E-state index contributed by atoms with van der Waals surface area (Å²) >= 11 is 0. The van der Waals surface area contributed by atoms with Gasteiger partial charge in [0.15, 0.2) is 0 Å². The number of hydrogen-bond acceptors (Lipinski definition) is 4. The summed E-state index contributed by atoms with van der Waals surface area (Å²) in [6.07, 6.45) is 0. The maximum atomic E-state index is 12.3. The molecule has 0 aliphatic rings. The molecule has 0 spiro atoms. The van der Waals surface area contributed by atoms with Crippen molar-refractivity contribution in [3.8, 4) is 5.75 Å². The summed E-state index contributed by atoms with van der Waals surface area (Å²) in [5, 5.41) is 2.85. The third kappa shape index (κ3) is 4.75. The van der Waals surface area contributed by atoms with E-state index >= 15 is 0 Å². The number of nitrogens with zero attached hydrogens (tertiary/aromatic N) is 1. The van der Waals surface area contributed by atoms with Crippen molar-refractivity contribution in [2.24, 2.45) is 0 Å². The minimum atomic E-state index is -0.480. The van der Waals surface area contributed by atoms with Crippen LogP contribution < -0.4 is 10.1 Å². The van der Waals surface area contributed by atoms with E-state index in [4.69, 9.17) is 9.47 Å². The molecule has 0 radical (unpaired) electrons. The number of ether oxygens (including phenoxy) is 2. The van der Waals surface area contributed by atoms with E-state index in [1.165, 1.54) is 14.2 Å². The number of urea groups is 1. The Labute approximate surface area is 153 Å². The molecule has 2 aromatic rings. The summed E-state index contributed by atoms with van der Waals surface area (Å²) in [5.41, 5.74) is 3.35. The van der Waals surface area contributed by atoms with Gasteiger partial charge in [-0.15, -0.1) is 0 Å². The molecule has 26 heavy (non-hydrogen) atoms. The molecule has 138 valence electrons. The van der Waals surface area contributed by atoms with E-state index in [0.29, 0.717) is 24.4 Å². The second-order valence-electron chi connectivity index (χ2n) is 5.97. The smallest absolute Gasteiger partial charge is 0.341 e. The van der Waals surface area contributed by atoms with Crippen molar-refractivity contribution in [3.05, 3.63) is 64.7 Å². The first-order chi connectivity index (χ1) is 12.5. The van der Waals surface area contributed by atoms with Crippen molar-refractivity contribution in [1.82, 2.24) is 10.2 Å². The number of amides is 2. The van der Waals surface area contributed by atoms with Gasteiger partial charge < -0.3 is 19.7 Å². The third-order valence-corrected chi connectivity index (χ3v) is 4.13. The van der Waals surface area contributed by atoms with Gasteiger partial charge in [0.2, 0.25) is 0 Å². The summed E-state index contributed by atoms with van der Waals surface area (Å²) in [5.74, 6) is -0.0460. The van der Waals surface area contributed by atoms with Crippen LogP contribution in [0.1, 0.15) is 27.0 Å². The molecule has 0 saturated carbocycles. The molecule has 1 N–H and O–H groups in total. The van der Waals surface area contributed by atoms with E-state index < -0.39 is 5.97 Å². The van der Waals surface area contributed by atoms with Crippen LogP contribution in [0, 0.1) is 6.92 Å². The molecule has 0 aliphatic heterocycles. The van der Waals surface area contributed by atoms with E-state index in [9.17, 15) is 9.59 Å². The van der Waals surface area contributed by atoms with Crippen molar-refractivity contribution in [1.29, 1.82) is 0 Å². The van der Waals surface area contributed by atoms with Gasteiger partial charge >= 0.3 is 12.0 Å². The molecule has 2 amide bonds. The number of esters is 1. The Morgan fingerprint density at radius 2 is 1.85 bits per heavy atom. The molecule has 0 unspecified atom stereocenters. The molecular weight excluding hydrogens is 332 g/mol. The monoisotopic (exact) mass is 356 g/mol. The predicted molar refractivity (Wildman–Crippen MR) is 99.2 cm³/mol. The highest BCUT2D eigenvalue weighted by Crippen LogP contribution is 2.20. The van der Waals surface area contributed by atoms with Crippen molar-refractivity contribution >= 4 is 12.0 Å². The zero-order chi connectivity index (χ0) is 19.1. The quantitative estimate of drug-likeness (QED) is 0.808. The first kappa shape index (κ1) is 19.3. The summed E-state index contributed by atoms with van der Waals surface area (Å²) in [4.78, 5) is 25.8. The van der Waals surface area contributed by atoms with Gasteiger partial charge in [0.1, 0.15) is 11.3 Å². The molecule has 0 bridgehead atoms. The summed E-state index contributed by atoms with van der Waals surface area (Å²) in [6, 6.07) is 12.9. The fourth-order valence-electron chi connectivity index (χ4n) is 2.56. The molecule has 0 fully saturated rings. The van der Waals surface area contributed by atoms with Gasteiger partial charge in [-0.05, 0) is 35.7 Å². The standard InChI is InChI=1S/C20H24N2O4/c1-14-7-5-6-8-16(14)13-22(2)20(24)21-12-15-9-10-18(25-3)17(11-15)19(23)26-4/h5-11H,12-13H2,1-4H3,(H,21,24). The van der Waals surface area contributed by atoms with Gasteiger partial charge in [0.05, 0.1) is 14.2 Å². The number of rotatable bonds is 6. The number of carbonyl (C=O) groups is 2. The Balaban J connectivity index is 2.00. The molecule has 0 aliphatic carbocycles. The van der Waals surface area contributed by atoms with E-state index in [0.717, 1.165) is 16.7 Å². The molecule has 6 nitrogen and oxygen atoms in total. The fourth-order valence-corrected chi connectivity index (χ4v) is 2.56. The lowest BCUT2D eigenvalue weighted by atomic mass is 10.1. The Hall–Kier alpha value is -3.02. The normalized spacial score (nSPS) is 10.2. The van der Waals surface area contributed by atoms with Crippen molar-refractivity contribution < 1.29 is 19.1 Å². The highest BCUT2D eigenvalue weighted by atomic mass is 16.5. The predicted octanol–water partition coefficient (Wildman–Crippen LogP) is 3.13. The van der Waals surface area contributed by atoms with Crippen LogP contribution in [0.2, 0.25) is 0 Å². The lowest BCUT2D eigenvalue weighted by molar-refractivity contribution is 0.0597. The molecule has 2 aromatic carbocycles. The second-order valence-corrected chi connectivity index (χ2v) is 5.97. The van der Waals surface area contributed by atoms with Crippen molar-refractivity contribution in [2.45, 2.75) is 20.0 Å². The van der Waals surface area contributed by atoms with E-state index in [1.807, 2.05) is 31.2 Å². The van der Waals surface area contributed by atoms with Gasteiger partial charge in [-0.1, -0.05) is 30.3 Å². The molecule has 2 rings (SSSR count). The first-order valence-electron chi connectivity index (χ1n) is 8.25. The zero-order valence-corrected chi connectivity index (χ0v) is 15.5. The van der Waals surface area contributed by atoms with Crippen LogP contribution in [-0.4, -0.2) is 38.2 Å². The van der Waals surface area contributed by atoms with Crippen LogP contribution in [0.4, 0.5) is 4.79 Å². The summed E-state index contributed by atoms with van der Waals surface area (Å²) in [6.45, 7) is 2.84. The Kier molecular flexibility index (Phi) is 6.60. The van der Waals surface area contributed by atoms with E-state index in [2.05, 4.69) is 5.32 Å². The zero-order valence-electron chi connectivity index (χ0n) is 15.5. The van der Waals surface area contributed by atoms with Crippen LogP contribution in [0.5, 0.6) is 5.75 Å². The number of benzene rings is 2. The first-order valence-corrected chi connectivity index (χ1v) is 8.25. The van der Waals surface area contributed by atoms with Crippen LogP contribution in [-0.2, 0) is 17.8 Å². The summed E-state index contributed by atoms with van der Waals surface area (Å²) < 4.78 is 9.93. The van der Waals surface area contributed by atoms with E-state index in [-0.39, 0.29) is 6.03 Å². The number of methoxy groups -OCH3 is 2. The van der Waals surface area contributed by atoms with Crippen molar-refractivity contribution in [3.63, 3.8) is 0 Å². The van der Waals surface area contributed by atoms with Crippen LogP contribution in [0.3, 0.4) is 0 Å². The second kappa shape index (κ2) is 8.89. The lowest BCUT2D eigenvalue weighted by Gasteiger charge is -2.19. The Morgan fingerprint density at radius 1 is 1.12 bits per heavy atom. The SMILES string of the molecule is COC(=O)c1cc(CNC(=O)N(C)Cc2ccccc2C)ccc1OC. The molecule has 0 saturated heterocycles. The number of nitrogens with one attached hydrogen (secondary N) is 1. The van der Waals surface area contributed by atoms with Gasteiger partial charge in [-0.25, -0.2) is 9.59 Å². The molecule has 6 heteroatoms. The molecule has 0 aromatic heterocycles. The number of carbonyl (C=O) groups excluding carboxylic acids is 2. The highest BCUT2D eigenvalue weighted by Gasteiger charge is 2.14. The fraction of sp³-hybridized carbons (Fsp3) is 0.300. The molecule has 0 heterocycles. The van der Waals surface area contributed by atoms with Gasteiger partial charge in [-0.3, -0.25) is 0 Å². The number of aryl methyl sites for hydroxylation is 1. The number of hydrogen-bond donors (Lipinski definition) is 1. The van der Waals surface area contributed by atoms with Crippen LogP contribution >= 0.6 is 0 Å². The summed E-state index contributed by atoms with van der Waals surface area (Å²) in [7, 11) is 4.55. The minimum absolute atomic E-state index is 0.191. The van der Waals surface area contributed by atoms with Crippen LogP contribution in [0.15, 0.2) is 42.5 Å². The Bertz CT molecular complexity index is 789.